The van der Waals surface area contributed by atoms with Gasteiger partial charge in [-0.2, -0.15) is 0 Å². The highest BCUT2D eigenvalue weighted by atomic mass is 32.2. The summed E-state index contributed by atoms with van der Waals surface area (Å²) in [6, 6.07) is 21.0. The molecule has 6 heteroatoms. The largest absolute Gasteiger partial charge is 0.494 e. The maximum atomic E-state index is 13.1. The molecule has 0 bridgehead atoms. The molecule has 4 rings (SSSR count). The Labute approximate surface area is 173 Å². The van der Waals surface area contributed by atoms with Gasteiger partial charge in [-0.15, -0.1) is 0 Å². The first kappa shape index (κ1) is 19.1. The van der Waals surface area contributed by atoms with Gasteiger partial charge in [-0.25, -0.2) is 4.99 Å². The predicted octanol–water partition coefficient (Wildman–Crippen LogP) is 5.48. The van der Waals surface area contributed by atoms with Crippen LogP contribution >= 0.6 is 11.8 Å². The molecule has 0 aliphatic carbocycles. The van der Waals surface area contributed by atoms with E-state index in [1.54, 1.807) is 11.2 Å². The van der Waals surface area contributed by atoms with Crippen molar-refractivity contribution in [3.05, 3.63) is 89.2 Å². The molecule has 5 nitrogen and oxygen atoms in total. The van der Waals surface area contributed by atoms with E-state index in [-0.39, 0.29) is 5.91 Å². The lowest BCUT2D eigenvalue weighted by Crippen LogP contribution is -2.28. The number of hydrogen-bond acceptors (Lipinski definition) is 5. The Morgan fingerprint density at radius 1 is 1.07 bits per heavy atom. The zero-order valence-electron chi connectivity index (χ0n) is 15.9. The van der Waals surface area contributed by atoms with Gasteiger partial charge < -0.3 is 9.15 Å². The monoisotopic (exact) mass is 404 g/mol. The van der Waals surface area contributed by atoms with Crippen LogP contribution in [-0.2, 0) is 11.3 Å². The van der Waals surface area contributed by atoms with Gasteiger partial charge in [0.15, 0.2) is 5.17 Å². The molecule has 2 heterocycles. The Hall–Kier alpha value is -3.25. The van der Waals surface area contributed by atoms with Crippen molar-refractivity contribution in [3.8, 4) is 5.75 Å². The second-order valence-corrected chi connectivity index (χ2v) is 7.32. The number of amidine groups is 1. The van der Waals surface area contributed by atoms with Gasteiger partial charge in [-0.1, -0.05) is 30.3 Å². The molecule has 0 spiro atoms. The van der Waals surface area contributed by atoms with E-state index >= 15 is 0 Å². The molecule has 29 heavy (non-hydrogen) atoms. The molecule has 1 aromatic heterocycles. The van der Waals surface area contributed by atoms with Crippen molar-refractivity contribution in [1.82, 2.24) is 4.90 Å². The summed E-state index contributed by atoms with van der Waals surface area (Å²) >= 11 is 1.37. The molecule has 3 aromatic rings. The second kappa shape index (κ2) is 8.84. The van der Waals surface area contributed by atoms with Crippen LogP contribution in [0.25, 0.3) is 6.08 Å². The minimum Gasteiger partial charge on any atom is -0.494 e. The molecule has 0 atom stereocenters. The Morgan fingerprint density at radius 3 is 2.55 bits per heavy atom. The Balaban J connectivity index is 1.63. The number of furan rings is 1. The van der Waals surface area contributed by atoms with Crippen molar-refractivity contribution in [3.63, 3.8) is 0 Å². The molecule has 0 saturated carbocycles. The van der Waals surface area contributed by atoms with Crippen molar-refractivity contribution in [2.75, 3.05) is 6.61 Å². The van der Waals surface area contributed by atoms with E-state index < -0.39 is 0 Å². The maximum absolute atomic E-state index is 13.1. The highest BCUT2D eigenvalue weighted by Gasteiger charge is 2.34. The van der Waals surface area contributed by atoms with Gasteiger partial charge in [0, 0.05) is 0 Å². The van der Waals surface area contributed by atoms with E-state index in [0.29, 0.717) is 29.0 Å². The normalized spacial score (nSPS) is 16.7. The summed E-state index contributed by atoms with van der Waals surface area (Å²) in [5.41, 5.74) is 1.73. The van der Waals surface area contributed by atoms with Crippen LogP contribution in [0.3, 0.4) is 0 Å². The summed E-state index contributed by atoms with van der Waals surface area (Å²) in [5.74, 6) is 1.43. The first-order valence-corrected chi connectivity index (χ1v) is 10.1. The number of benzene rings is 2. The molecule has 146 valence electrons. The molecule has 1 fully saturated rings. The minimum absolute atomic E-state index is 0.0880. The lowest BCUT2D eigenvalue weighted by atomic mass is 10.2. The van der Waals surface area contributed by atoms with Crippen LogP contribution in [0, 0.1) is 0 Å². The third kappa shape index (κ3) is 4.60. The molecule has 1 aliphatic heterocycles. The Morgan fingerprint density at radius 2 is 1.86 bits per heavy atom. The standard InChI is InChI=1S/C23H20N2O3S/c1-2-27-19-12-10-17(11-13-19)15-21-22(26)25(16-20-9-6-14-28-20)23(29-21)24-18-7-4-3-5-8-18/h3-15H,2,16H2,1H3/b21-15-,24-23?. The number of thioether (sulfide) groups is 1. The molecule has 0 radical (unpaired) electrons. The number of rotatable bonds is 6. The van der Waals surface area contributed by atoms with E-state index in [4.69, 9.17) is 9.15 Å². The van der Waals surface area contributed by atoms with Gasteiger partial charge in [0.25, 0.3) is 5.91 Å². The summed E-state index contributed by atoms with van der Waals surface area (Å²) in [4.78, 5) is 20.0. The fourth-order valence-electron chi connectivity index (χ4n) is 2.88. The molecule has 2 aromatic carbocycles. The van der Waals surface area contributed by atoms with Gasteiger partial charge in [-0.3, -0.25) is 9.69 Å². The number of amides is 1. The zero-order chi connectivity index (χ0) is 20.1. The third-order valence-electron chi connectivity index (χ3n) is 4.25. The van der Waals surface area contributed by atoms with E-state index in [1.807, 2.05) is 79.7 Å². The first-order chi connectivity index (χ1) is 14.2. The van der Waals surface area contributed by atoms with Gasteiger partial charge in [-0.05, 0) is 66.7 Å². The van der Waals surface area contributed by atoms with Crippen LogP contribution < -0.4 is 4.74 Å². The molecule has 0 unspecified atom stereocenters. The van der Waals surface area contributed by atoms with Crippen molar-refractivity contribution in [2.24, 2.45) is 4.99 Å². The van der Waals surface area contributed by atoms with Gasteiger partial charge in [0.05, 0.1) is 30.0 Å². The average Bonchev–Trinajstić information content (AvgIpc) is 3.35. The van der Waals surface area contributed by atoms with E-state index in [1.165, 1.54) is 11.8 Å². The van der Waals surface area contributed by atoms with Crippen molar-refractivity contribution >= 4 is 34.6 Å². The highest BCUT2D eigenvalue weighted by molar-refractivity contribution is 8.18. The molecule has 1 aliphatic rings. The molecule has 1 saturated heterocycles. The molecular formula is C23H20N2O3S. The van der Waals surface area contributed by atoms with Crippen LogP contribution in [0.2, 0.25) is 0 Å². The summed E-state index contributed by atoms with van der Waals surface area (Å²) in [5, 5.41) is 0.634. The Kier molecular flexibility index (Phi) is 5.81. The van der Waals surface area contributed by atoms with E-state index in [9.17, 15) is 4.79 Å². The molecule has 0 N–H and O–H groups in total. The highest BCUT2D eigenvalue weighted by Crippen LogP contribution is 2.35. The predicted molar refractivity (Wildman–Crippen MR) is 116 cm³/mol. The fourth-order valence-corrected chi connectivity index (χ4v) is 3.88. The summed E-state index contributed by atoms with van der Waals surface area (Å²) in [6.07, 6.45) is 3.49. The number of ether oxygens (including phenoxy) is 1. The summed E-state index contributed by atoms with van der Waals surface area (Å²) < 4.78 is 10.9. The van der Waals surface area contributed by atoms with Crippen LogP contribution in [0.15, 0.2) is 87.3 Å². The topological polar surface area (TPSA) is 55.0 Å². The number of carbonyl (C=O) groups is 1. The van der Waals surface area contributed by atoms with Gasteiger partial charge in [0.1, 0.15) is 11.5 Å². The van der Waals surface area contributed by atoms with Crippen molar-refractivity contribution < 1.29 is 13.9 Å². The summed E-state index contributed by atoms with van der Waals surface area (Å²) in [6.45, 7) is 2.91. The van der Waals surface area contributed by atoms with Crippen LogP contribution in [0.5, 0.6) is 5.75 Å². The maximum Gasteiger partial charge on any atom is 0.267 e. The molecule has 1 amide bonds. The lowest BCUT2D eigenvalue weighted by molar-refractivity contribution is -0.122. The van der Waals surface area contributed by atoms with Gasteiger partial charge in [0.2, 0.25) is 0 Å². The number of aliphatic imine (C=N–C) groups is 1. The molecular weight excluding hydrogens is 384 g/mol. The van der Waals surface area contributed by atoms with Gasteiger partial charge >= 0.3 is 0 Å². The lowest BCUT2D eigenvalue weighted by Gasteiger charge is -2.13. The quantitative estimate of drug-likeness (QED) is 0.510. The average molecular weight is 404 g/mol. The SMILES string of the molecule is CCOc1ccc(/C=C2\SC(=Nc3ccccc3)N(Cc3ccco3)C2=O)cc1. The number of para-hydroxylation sites is 1. The Bertz CT molecular complexity index is 1030. The summed E-state index contributed by atoms with van der Waals surface area (Å²) in [7, 11) is 0. The minimum atomic E-state index is -0.0880. The fraction of sp³-hybridized carbons (Fsp3) is 0.130. The van der Waals surface area contributed by atoms with Crippen molar-refractivity contribution in [1.29, 1.82) is 0 Å². The van der Waals surface area contributed by atoms with E-state index in [0.717, 1.165) is 17.0 Å². The van der Waals surface area contributed by atoms with Crippen LogP contribution in [0.1, 0.15) is 18.2 Å². The zero-order valence-corrected chi connectivity index (χ0v) is 16.8. The third-order valence-corrected chi connectivity index (χ3v) is 5.26. The first-order valence-electron chi connectivity index (χ1n) is 9.33. The number of nitrogens with zero attached hydrogens (tertiary/aromatic N) is 2. The number of carbonyl (C=O) groups excluding carboxylic acids is 1. The van der Waals surface area contributed by atoms with Crippen LogP contribution in [-0.4, -0.2) is 22.6 Å². The second-order valence-electron chi connectivity index (χ2n) is 6.31. The number of hydrogen-bond donors (Lipinski definition) is 0. The van der Waals surface area contributed by atoms with E-state index in [2.05, 4.69) is 4.99 Å². The smallest absolute Gasteiger partial charge is 0.267 e. The van der Waals surface area contributed by atoms with Crippen LogP contribution in [0.4, 0.5) is 5.69 Å². The van der Waals surface area contributed by atoms with Crippen molar-refractivity contribution in [2.45, 2.75) is 13.5 Å².